The number of carbonyl (C=O) groups excluding carboxylic acids is 1. The number of nitrogens with zero attached hydrogens (tertiary/aromatic N) is 1. The van der Waals surface area contributed by atoms with Gasteiger partial charge in [0, 0.05) is 6.20 Å². The van der Waals surface area contributed by atoms with E-state index in [1.165, 1.54) is 0 Å². The molecule has 2 rings (SSSR count). The molecular weight excluding hydrogens is 220 g/mol. The predicted molar refractivity (Wildman–Crippen MR) is 61.9 cm³/mol. The summed E-state index contributed by atoms with van der Waals surface area (Å²) in [6, 6.07) is 3.55. The number of aliphatic carboxylic acids is 1. The van der Waals surface area contributed by atoms with Gasteiger partial charge in [0.05, 0.1) is 18.2 Å². The van der Waals surface area contributed by atoms with Crippen LogP contribution in [0.3, 0.4) is 0 Å². The van der Waals surface area contributed by atoms with Crippen molar-refractivity contribution in [1.29, 1.82) is 0 Å². The molecule has 0 bridgehead atoms. The first-order valence-corrected chi connectivity index (χ1v) is 5.78. The van der Waals surface area contributed by atoms with Crippen LogP contribution in [0.15, 0.2) is 18.3 Å². The number of rotatable bonds is 4. The molecule has 1 aliphatic rings. The summed E-state index contributed by atoms with van der Waals surface area (Å²) < 4.78 is 0. The normalized spacial score (nSPS) is 18.1. The average molecular weight is 236 g/mol. The molecule has 0 atom stereocenters. The Morgan fingerprint density at radius 1 is 1.41 bits per heavy atom. The monoisotopic (exact) mass is 236 g/mol. The van der Waals surface area contributed by atoms with Crippen LogP contribution in [0, 0.1) is 5.92 Å². The van der Waals surface area contributed by atoms with Gasteiger partial charge in [-0.15, -0.1) is 0 Å². The molecule has 0 unspecified atom stereocenters. The van der Waals surface area contributed by atoms with Crippen LogP contribution in [-0.2, 0) is 4.79 Å². The number of carbonyl (C=O) groups is 2. The van der Waals surface area contributed by atoms with Crippen molar-refractivity contribution >= 4 is 11.8 Å². The van der Waals surface area contributed by atoms with E-state index in [9.17, 15) is 9.59 Å². The highest BCUT2D eigenvalue weighted by Gasteiger charge is 2.25. The summed E-state index contributed by atoms with van der Waals surface area (Å²) in [4.78, 5) is 27.5. The van der Waals surface area contributed by atoms with Crippen molar-refractivity contribution in [2.45, 2.75) is 12.8 Å². The van der Waals surface area contributed by atoms with E-state index < -0.39 is 5.97 Å². The maximum absolute atomic E-state index is 11.8. The molecule has 0 saturated carbocycles. The number of aromatic nitrogens is 1. The fraction of sp³-hybridized carbons (Fsp3) is 0.500. The number of nitrogens with one attached hydrogen (secondary N) is 1. The van der Waals surface area contributed by atoms with Gasteiger partial charge in [0.2, 0.25) is 0 Å². The molecular formula is C12H16N2O3. The Labute approximate surface area is 99.4 Å². The molecule has 1 aromatic rings. The maximum Gasteiger partial charge on any atom is 0.306 e. The van der Waals surface area contributed by atoms with Gasteiger partial charge in [-0.25, -0.2) is 0 Å². The van der Waals surface area contributed by atoms with Crippen LogP contribution in [0.4, 0.5) is 0 Å². The molecule has 17 heavy (non-hydrogen) atoms. The number of carboxylic acids is 1. The van der Waals surface area contributed by atoms with Gasteiger partial charge in [-0.2, -0.15) is 0 Å². The molecule has 5 nitrogen and oxygen atoms in total. The third-order valence-electron chi connectivity index (χ3n) is 3.20. The zero-order chi connectivity index (χ0) is 12.3. The molecule has 92 valence electrons. The van der Waals surface area contributed by atoms with Gasteiger partial charge < -0.3 is 10.1 Å². The van der Waals surface area contributed by atoms with Crippen LogP contribution < -0.4 is 0 Å². The van der Waals surface area contributed by atoms with Crippen molar-refractivity contribution in [3.63, 3.8) is 0 Å². The van der Waals surface area contributed by atoms with Crippen LogP contribution in [0.1, 0.15) is 23.3 Å². The van der Waals surface area contributed by atoms with E-state index in [0.717, 1.165) is 0 Å². The third kappa shape index (κ3) is 2.94. The molecule has 0 spiro atoms. The van der Waals surface area contributed by atoms with E-state index in [2.05, 4.69) is 4.98 Å². The maximum atomic E-state index is 11.8. The van der Waals surface area contributed by atoms with Crippen molar-refractivity contribution < 1.29 is 14.7 Å². The van der Waals surface area contributed by atoms with Gasteiger partial charge in [-0.3, -0.25) is 14.5 Å². The van der Waals surface area contributed by atoms with Gasteiger partial charge >= 0.3 is 5.97 Å². The van der Waals surface area contributed by atoms with E-state index >= 15 is 0 Å². The molecule has 5 heteroatoms. The smallest absolute Gasteiger partial charge is 0.306 e. The Morgan fingerprint density at radius 2 is 2.12 bits per heavy atom. The molecule has 1 fully saturated rings. The summed E-state index contributed by atoms with van der Waals surface area (Å²) in [5.41, 5.74) is 0.616. The molecule has 1 saturated heterocycles. The van der Waals surface area contributed by atoms with Crippen LogP contribution >= 0.6 is 0 Å². The Morgan fingerprint density at radius 3 is 2.65 bits per heavy atom. The van der Waals surface area contributed by atoms with E-state index in [-0.39, 0.29) is 11.7 Å². The molecule has 0 amide bonds. The summed E-state index contributed by atoms with van der Waals surface area (Å²) in [7, 11) is 0. The first kappa shape index (κ1) is 11.9. The minimum absolute atomic E-state index is 0.0591. The van der Waals surface area contributed by atoms with E-state index in [0.29, 0.717) is 38.2 Å². The van der Waals surface area contributed by atoms with Crippen LogP contribution in [-0.4, -0.2) is 46.4 Å². The van der Waals surface area contributed by atoms with Crippen molar-refractivity contribution in [1.82, 2.24) is 9.88 Å². The van der Waals surface area contributed by atoms with Gasteiger partial charge in [-0.05, 0) is 38.1 Å². The second-order valence-electron chi connectivity index (χ2n) is 4.40. The minimum Gasteiger partial charge on any atom is -0.481 e. The second kappa shape index (κ2) is 5.14. The highest BCUT2D eigenvalue weighted by atomic mass is 16.4. The number of piperidine rings is 1. The number of H-pyrrole nitrogens is 1. The Kier molecular flexibility index (Phi) is 3.58. The van der Waals surface area contributed by atoms with E-state index in [4.69, 9.17) is 5.11 Å². The number of Topliss-reactive ketones (excluding diaryl/α,β-unsaturated/α-hetero) is 1. The lowest BCUT2D eigenvalue weighted by molar-refractivity contribution is -0.143. The zero-order valence-corrected chi connectivity index (χ0v) is 9.56. The van der Waals surface area contributed by atoms with Crippen molar-refractivity contribution in [3.8, 4) is 0 Å². The molecule has 0 aliphatic carbocycles. The first-order chi connectivity index (χ1) is 8.16. The second-order valence-corrected chi connectivity index (χ2v) is 4.40. The summed E-state index contributed by atoms with van der Waals surface area (Å²) >= 11 is 0. The van der Waals surface area contributed by atoms with Crippen LogP contribution in [0.2, 0.25) is 0 Å². The summed E-state index contributed by atoms with van der Waals surface area (Å²) in [5, 5.41) is 8.87. The summed E-state index contributed by atoms with van der Waals surface area (Å²) in [5.74, 6) is -0.907. The fourth-order valence-corrected chi connectivity index (χ4v) is 2.13. The molecule has 2 heterocycles. The van der Waals surface area contributed by atoms with Gasteiger partial charge in [0.25, 0.3) is 0 Å². The summed E-state index contributed by atoms with van der Waals surface area (Å²) in [6.07, 6.45) is 2.99. The first-order valence-electron chi connectivity index (χ1n) is 5.78. The third-order valence-corrected chi connectivity index (χ3v) is 3.20. The zero-order valence-electron chi connectivity index (χ0n) is 9.56. The fourth-order valence-electron chi connectivity index (χ4n) is 2.13. The van der Waals surface area contributed by atoms with Crippen molar-refractivity contribution in [2.24, 2.45) is 5.92 Å². The molecule has 1 aliphatic heterocycles. The predicted octanol–water partition coefficient (Wildman–Crippen LogP) is 0.994. The largest absolute Gasteiger partial charge is 0.481 e. The highest BCUT2D eigenvalue weighted by Crippen LogP contribution is 2.17. The van der Waals surface area contributed by atoms with Crippen molar-refractivity contribution in [2.75, 3.05) is 19.6 Å². The number of likely N-dealkylation sites (tertiary alicyclic amines) is 1. The number of carboxylic acid groups (broad SMARTS) is 1. The Hall–Kier alpha value is -1.62. The number of ketones is 1. The number of aromatic amines is 1. The molecule has 2 N–H and O–H groups in total. The Bertz CT molecular complexity index is 392. The Balaban J connectivity index is 1.82. The lowest BCUT2D eigenvalue weighted by Crippen LogP contribution is -2.39. The lowest BCUT2D eigenvalue weighted by atomic mass is 9.97. The van der Waals surface area contributed by atoms with Gasteiger partial charge in [0.1, 0.15) is 0 Å². The standard InChI is InChI=1S/C12H16N2O3/c15-11(10-2-1-5-13-10)8-14-6-3-9(4-7-14)12(16)17/h1-2,5,9,13H,3-4,6-8H2,(H,16,17). The summed E-state index contributed by atoms with van der Waals surface area (Å²) in [6.45, 7) is 1.74. The van der Waals surface area contributed by atoms with E-state index in [1.807, 2.05) is 4.90 Å². The SMILES string of the molecule is O=C(CN1CCC(C(=O)O)CC1)c1ccc[nH]1. The molecule has 1 aromatic heterocycles. The highest BCUT2D eigenvalue weighted by molar-refractivity contribution is 5.95. The minimum atomic E-state index is -0.722. The van der Waals surface area contributed by atoms with Crippen molar-refractivity contribution in [3.05, 3.63) is 24.0 Å². The number of hydrogen-bond donors (Lipinski definition) is 2. The van der Waals surface area contributed by atoms with Gasteiger partial charge in [-0.1, -0.05) is 0 Å². The lowest BCUT2D eigenvalue weighted by Gasteiger charge is -2.29. The molecule has 0 aromatic carbocycles. The number of hydrogen-bond acceptors (Lipinski definition) is 3. The molecule has 0 radical (unpaired) electrons. The average Bonchev–Trinajstić information content (AvgIpc) is 2.83. The van der Waals surface area contributed by atoms with E-state index in [1.54, 1.807) is 18.3 Å². The topological polar surface area (TPSA) is 73.4 Å². The van der Waals surface area contributed by atoms with Gasteiger partial charge in [0.15, 0.2) is 5.78 Å². The van der Waals surface area contributed by atoms with Crippen LogP contribution in [0.5, 0.6) is 0 Å². The quantitative estimate of drug-likeness (QED) is 0.765. The van der Waals surface area contributed by atoms with Crippen LogP contribution in [0.25, 0.3) is 0 Å².